The largest absolute Gasteiger partial charge is 0.487 e. The van der Waals surface area contributed by atoms with Crippen LogP contribution in [0.25, 0.3) is 11.0 Å². The van der Waals surface area contributed by atoms with Gasteiger partial charge >= 0.3 is 0 Å². The SMILES string of the molecule is Cc1ccnc2c1ccn2C1CC(Oc2cccc3c2CNCC3)[C@@H](O)[C@H]1O. The summed E-state index contributed by atoms with van der Waals surface area (Å²) >= 11 is 0. The summed E-state index contributed by atoms with van der Waals surface area (Å²) in [6, 6.07) is 9.81. The lowest BCUT2D eigenvalue weighted by atomic mass is 10.0. The summed E-state index contributed by atoms with van der Waals surface area (Å²) in [7, 11) is 0. The average Bonchev–Trinajstić information content (AvgIpc) is 3.26. The Morgan fingerprint density at radius 2 is 2.07 bits per heavy atom. The Hall–Kier alpha value is -2.41. The van der Waals surface area contributed by atoms with Gasteiger partial charge in [-0.3, -0.25) is 0 Å². The van der Waals surface area contributed by atoms with E-state index >= 15 is 0 Å². The minimum absolute atomic E-state index is 0.274. The molecule has 1 aliphatic heterocycles. The second-order valence-corrected chi connectivity index (χ2v) is 7.85. The topological polar surface area (TPSA) is 79.5 Å². The van der Waals surface area contributed by atoms with Gasteiger partial charge in [0.15, 0.2) is 0 Å². The Morgan fingerprint density at radius 1 is 1.18 bits per heavy atom. The molecule has 6 heteroatoms. The van der Waals surface area contributed by atoms with E-state index < -0.39 is 18.3 Å². The fraction of sp³-hybridized carbons (Fsp3) is 0.409. The highest BCUT2D eigenvalue weighted by Gasteiger charge is 2.44. The van der Waals surface area contributed by atoms with Crippen molar-refractivity contribution in [3.63, 3.8) is 0 Å². The van der Waals surface area contributed by atoms with Gasteiger partial charge in [0.1, 0.15) is 29.7 Å². The molecule has 3 aromatic rings. The van der Waals surface area contributed by atoms with E-state index in [9.17, 15) is 10.2 Å². The van der Waals surface area contributed by atoms with E-state index in [1.54, 1.807) is 6.20 Å². The Labute approximate surface area is 163 Å². The molecule has 3 heterocycles. The van der Waals surface area contributed by atoms with Gasteiger partial charge in [-0.05, 0) is 49.2 Å². The van der Waals surface area contributed by atoms with Gasteiger partial charge in [-0.2, -0.15) is 0 Å². The van der Waals surface area contributed by atoms with Crippen molar-refractivity contribution in [1.82, 2.24) is 14.9 Å². The summed E-state index contributed by atoms with van der Waals surface area (Å²) in [5, 5.41) is 25.9. The van der Waals surface area contributed by atoms with Crippen LogP contribution in [0.1, 0.15) is 29.2 Å². The maximum Gasteiger partial charge on any atom is 0.140 e. The highest BCUT2D eigenvalue weighted by molar-refractivity contribution is 5.79. The minimum atomic E-state index is -0.945. The molecule has 3 N–H and O–H groups in total. The third-order valence-corrected chi connectivity index (χ3v) is 6.17. The van der Waals surface area contributed by atoms with Crippen LogP contribution >= 0.6 is 0 Å². The van der Waals surface area contributed by atoms with Gasteiger partial charge in [0.2, 0.25) is 0 Å². The number of pyridine rings is 1. The Morgan fingerprint density at radius 3 is 2.96 bits per heavy atom. The van der Waals surface area contributed by atoms with Gasteiger partial charge in [0.05, 0.1) is 6.04 Å². The number of nitrogens with zero attached hydrogens (tertiary/aromatic N) is 2. The van der Waals surface area contributed by atoms with Crippen molar-refractivity contribution in [2.24, 2.45) is 0 Å². The Bertz CT molecular complexity index is 1020. The van der Waals surface area contributed by atoms with Crippen molar-refractivity contribution >= 4 is 11.0 Å². The third-order valence-electron chi connectivity index (χ3n) is 6.17. The van der Waals surface area contributed by atoms with Crippen molar-refractivity contribution < 1.29 is 14.9 Å². The number of rotatable bonds is 3. The van der Waals surface area contributed by atoms with Crippen molar-refractivity contribution in [2.75, 3.05) is 6.54 Å². The summed E-state index contributed by atoms with van der Waals surface area (Å²) in [4.78, 5) is 4.49. The minimum Gasteiger partial charge on any atom is -0.487 e. The maximum atomic E-state index is 10.8. The van der Waals surface area contributed by atoms with Crippen LogP contribution in [0.15, 0.2) is 42.7 Å². The fourth-order valence-corrected chi connectivity index (χ4v) is 4.58. The lowest BCUT2D eigenvalue weighted by molar-refractivity contribution is -0.0166. The van der Waals surface area contributed by atoms with E-state index in [-0.39, 0.29) is 6.04 Å². The monoisotopic (exact) mass is 379 g/mol. The number of aliphatic hydroxyl groups excluding tert-OH is 2. The van der Waals surface area contributed by atoms with Gasteiger partial charge in [-0.1, -0.05) is 12.1 Å². The van der Waals surface area contributed by atoms with Crippen molar-refractivity contribution in [1.29, 1.82) is 0 Å². The van der Waals surface area contributed by atoms with E-state index in [2.05, 4.69) is 16.4 Å². The summed E-state index contributed by atoms with van der Waals surface area (Å²) in [6.07, 6.45) is 2.92. The molecule has 0 radical (unpaired) electrons. The second kappa shape index (κ2) is 6.88. The molecule has 146 valence electrons. The number of hydrogen-bond acceptors (Lipinski definition) is 5. The van der Waals surface area contributed by atoms with Gasteiger partial charge in [0, 0.05) is 36.3 Å². The molecule has 0 bridgehead atoms. The predicted molar refractivity (Wildman–Crippen MR) is 106 cm³/mol. The van der Waals surface area contributed by atoms with Gasteiger partial charge < -0.3 is 24.8 Å². The molecule has 6 nitrogen and oxygen atoms in total. The molecule has 1 fully saturated rings. The molecule has 0 amide bonds. The first-order valence-corrected chi connectivity index (χ1v) is 9.90. The van der Waals surface area contributed by atoms with E-state index in [0.29, 0.717) is 6.42 Å². The molecule has 0 saturated heterocycles. The number of nitrogens with one attached hydrogen (secondary N) is 1. The van der Waals surface area contributed by atoms with E-state index in [0.717, 1.165) is 47.4 Å². The zero-order chi connectivity index (χ0) is 19.3. The van der Waals surface area contributed by atoms with Crippen LogP contribution in [0, 0.1) is 6.92 Å². The first-order valence-electron chi connectivity index (χ1n) is 9.90. The first kappa shape index (κ1) is 17.7. The smallest absolute Gasteiger partial charge is 0.140 e. The molecule has 28 heavy (non-hydrogen) atoms. The molecular formula is C22H25N3O3. The number of aromatic nitrogens is 2. The number of fused-ring (bicyclic) bond motifs is 2. The van der Waals surface area contributed by atoms with Gasteiger partial charge in [-0.25, -0.2) is 4.98 Å². The average molecular weight is 379 g/mol. The molecule has 5 rings (SSSR count). The molecule has 1 aromatic carbocycles. The molecule has 0 spiro atoms. The number of aliphatic hydroxyl groups is 2. The number of benzene rings is 1. The van der Waals surface area contributed by atoms with Crippen molar-refractivity contribution in [3.05, 3.63) is 59.4 Å². The summed E-state index contributed by atoms with van der Waals surface area (Å²) < 4.78 is 8.21. The lowest BCUT2D eigenvalue weighted by Crippen LogP contribution is -2.34. The normalized spacial score (nSPS) is 27.1. The molecule has 2 aromatic heterocycles. The van der Waals surface area contributed by atoms with Crippen molar-refractivity contribution in [2.45, 2.75) is 50.7 Å². The highest BCUT2D eigenvalue weighted by Crippen LogP contribution is 2.37. The van der Waals surface area contributed by atoms with Gasteiger partial charge in [0.25, 0.3) is 0 Å². The van der Waals surface area contributed by atoms with Crippen molar-refractivity contribution in [3.8, 4) is 5.75 Å². The standard InChI is InChI=1S/C22H25N3O3/c1-13-5-9-24-22-15(13)7-10-25(22)17-11-19(21(27)20(17)26)28-18-4-2-3-14-6-8-23-12-16(14)18/h2-5,7,9-10,17,19-21,23,26-27H,6,8,11-12H2,1H3/t17?,19?,20-,21+/m0/s1. The van der Waals surface area contributed by atoms with Crippen LogP contribution in [-0.4, -0.2) is 44.6 Å². The van der Waals surface area contributed by atoms with Crippen LogP contribution in [0.2, 0.25) is 0 Å². The number of hydrogen-bond donors (Lipinski definition) is 3. The van der Waals surface area contributed by atoms with Crippen LogP contribution in [0.4, 0.5) is 0 Å². The summed E-state index contributed by atoms with van der Waals surface area (Å²) in [6.45, 7) is 3.79. The molecular weight excluding hydrogens is 354 g/mol. The molecule has 1 saturated carbocycles. The number of aryl methyl sites for hydroxylation is 1. The second-order valence-electron chi connectivity index (χ2n) is 7.85. The highest BCUT2D eigenvalue weighted by atomic mass is 16.5. The Balaban J connectivity index is 1.43. The molecule has 4 atom stereocenters. The zero-order valence-electron chi connectivity index (χ0n) is 15.9. The third kappa shape index (κ3) is 2.80. The zero-order valence-corrected chi connectivity index (χ0v) is 15.9. The van der Waals surface area contributed by atoms with E-state index in [4.69, 9.17) is 4.74 Å². The lowest BCUT2D eigenvalue weighted by Gasteiger charge is -2.24. The van der Waals surface area contributed by atoms with E-state index in [1.165, 1.54) is 5.56 Å². The molecule has 1 aliphatic carbocycles. The van der Waals surface area contributed by atoms with Crippen LogP contribution in [-0.2, 0) is 13.0 Å². The number of ether oxygens (including phenoxy) is 1. The maximum absolute atomic E-state index is 10.8. The predicted octanol–water partition coefficient (Wildman–Crippen LogP) is 2.10. The quantitative estimate of drug-likeness (QED) is 0.650. The van der Waals surface area contributed by atoms with Gasteiger partial charge in [-0.15, -0.1) is 0 Å². The molecule has 2 aliphatic rings. The molecule has 2 unspecified atom stereocenters. The summed E-state index contributed by atoms with van der Waals surface area (Å²) in [5.74, 6) is 0.799. The Kier molecular flexibility index (Phi) is 4.34. The van der Waals surface area contributed by atoms with Crippen LogP contribution in [0.3, 0.4) is 0 Å². The first-order chi connectivity index (χ1) is 13.6. The summed E-state index contributed by atoms with van der Waals surface area (Å²) in [5.41, 5.74) is 4.42. The van der Waals surface area contributed by atoms with Crippen LogP contribution < -0.4 is 10.1 Å². The van der Waals surface area contributed by atoms with Crippen LogP contribution in [0.5, 0.6) is 5.75 Å². The van der Waals surface area contributed by atoms with E-state index in [1.807, 2.05) is 42.0 Å². The fourth-order valence-electron chi connectivity index (χ4n) is 4.58.